The molecule has 146 valence electrons. The van der Waals surface area contributed by atoms with Crippen LogP contribution >= 0.6 is 0 Å². The van der Waals surface area contributed by atoms with Crippen LogP contribution < -0.4 is 0 Å². The second-order valence-electron chi connectivity index (χ2n) is 8.11. The van der Waals surface area contributed by atoms with Crippen molar-refractivity contribution in [2.45, 2.75) is 19.4 Å². The zero-order chi connectivity index (χ0) is 20.0. The van der Waals surface area contributed by atoms with Gasteiger partial charge < -0.3 is 9.80 Å². The van der Waals surface area contributed by atoms with E-state index in [0.29, 0.717) is 25.2 Å². The number of rotatable bonds is 2. The van der Waals surface area contributed by atoms with Gasteiger partial charge in [0.2, 0.25) is 0 Å². The summed E-state index contributed by atoms with van der Waals surface area (Å²) in [5, 5.41) is 0. The van der Waals surface area contributed by atoms with Crippen molar-refractivity contribution in [2.75, 3.05) is 19.6 Å². The van der Waals surface area contributed by atoms with Crippen molar-refractivity contribution in [3.8, 4) is 0 Å². The molecule has 1 aromatic carbocycles. The first-order valence-corrected chi connectivity index (χ1v) is 10.3. The Morgan fingerprint density at radius 3 is 2.62 bits per heavy atom. The molecule has 0 radical (unpaired) electrons. The molecule has 4 aliphatic rings. The van der Waals surface area contributed by atoms with Gasteiger partial charge in [-0.15, -0.1) is 0 Å². The lowest BCUT2D eigenvalue weighted by Gasteiger charge is -2.41. The lowest BCUT2D eigenvalue weighted by molar-refractivity contribution is -0.130. The van der Waals surface area contributed by atoms with Gasteiger partial charge in [-0.1, -0.05) is 54.2 Å². The molecule has 5 rings (SSSR count). The van der Waals surface area contributed by atoms with Crippen molar-refractivity contribution in [1.82, 2.24) is 9.80 Å². The number of carbonyl (C=O) groups is 2. The third kappa shape index (κ3) is 3.00. The summed E-state index contributed by atoms with van der Waals surface area (Å²) in [4.78, 5) is 30.0. The second kappa shape index (κ2) is 7.03. The minimum absolute atomic E-state index is 0.0199. The number of piperazine rings is 1. The van der Waals surface area contributed by atoms with Crippen LogP contribution in [0.25, 0.3) is 0 Å². The van der Waals surface area contributed by atoms with Gasteiger partial charge in [0.25, 0.3) is 11.8 Å². The molecule has 2 amide bonds. The van der Waals surface area contributed by atoms with Crippen LogP contribution in [0, 0.1) is 5.92 Å². The molecule has 0 bridgehead atoms. The molecule has 0 spiro atoms. The first kappa shape index (κ1) is 17.9. The largest absolute Gasteiger partial charge is 0.335 e. The lowest BCUT2D eigenvalue weighted by atomic mass is 9.78. The normalized spacial score (nSPS) is 25.0. The smallest absolute Gasteiger partial charge is 0.254 e. The minimum atomic E-state index is -0.0199. The summed E-state index contributed by atoms with van der Waals surface area (Å²) in [5.74, 6) is 0.363. The Bertz CT molecular complexity index is 1030. The van der Waals surface area contributed by atoms with E-state index in [-0.39, 0.29) is 23.8 Å². The quantitative estimate of drug-likeness (QED) is 0.781. The van der Waals surface area contributed by atoms with Gasteiger partial charge in [-0.2, -0.15) is 0 Å². The highest BCUT2D eigenvalue weighted by Gasteiger charge is 2.37. The Morgan fingerprint density at radius 2 is 1.83 bits per heavy atom. The number of hydrogen-bond acceptors (Lipinski definition) is 2. The summed E-state index contributed by atoms with van der Waals surface area (Å²) in [7, 11) is 0. The van der Waals surface area contributed by atoms with E-state index in [1.165, 1.54) is 11.1 Å². The van der Waals surface area contributed by atoms with E-state index < -0.39 is 0 Å². The fourth-order valence-electron chi connectivity index (χ4n) is 4.84. The van der Waals surface area contributed by atoms with Crippen molar-refractivity contribution in [1.29, 1.82) is 0 Å². The molecule has 1 aromatic rings. The van der Waals surface area contributed by atoms with Gasteiger partial charge in [0.1, 0.15) is 0 Å². The first-order chi connectivity index (χ1) is 14.1. The molecular weight excluding hydrogens is 360 g/mol. The lowest BCUT2D eigenvalue weighted by Crippen LogP contribution is -2.56. The van der Waals surface area contributed by atoms with E-state index in [1.807, 2.05) is 59.2 Å². The molecule has 1 fully saturated rings. The number of benzene rings is 1. The van der Waals surface area contributed by atoms with Crippen LogP contribution in [0.4, 0.5) is 0 Å². The summed E-state index contributed by atoms with van der Waals surface area (Å²) >= 11 is 0. The van der Waals surface area contributed by atoms with E-state index in [0.717, 1.165) is 17.6 Å². The van der Waals surface area contributed by atoms with E-state index >= 15 is 0 Å². The predicted molar refractivity (Wildman–Crippen MR) is 113 cm³/mol. The Hall–Kier alpha value is -3.14. The fraction of sp³-hybridized carbons (Fsp3) is 0.280. The molecule has 4 heteroatoms. The van der Waals surface area contributed by atoms with Crippen LogP contribution in [0.1, 0.15) is 23.7 Å². The molecule has 1 aliphatic heterocycles. The van der Waals surface area contributed by atoms with Crippen molar-refractivity contribution in [2.24, 2.45) is 5.92 Å². The third-order valence-electron chi connectivity index (χ3n) is 6.35. The average Bonchev–Trinajstić information content (AvgIpc) is 3.18. The molecule has 3 aliphatic carbocycles. The van der Waals surface area contributed by atoms with E-state index in [2.05, 4.69) is 24.3 Å². The molecule has 0 saturated carbocycles. The number of carbonyl (C=O) groups excluding carboxylic acids is 2. The molecule has 0 aromatic heterocycles. The Labute approximate surface area is 171 Å². The molecule has 1 heterocycles. The maximum atomic E-state index is 13.4. The number of nitrogens with zero attached hydrogens (tertiary/aromatic N) is 2. The summed E-state index contributed by atoms with van der Waals surface area (Å²) in [6.07, 6.45) is 13.6. The number of amides is 2. The van der Waals surface area contributed by atoms with Crippen molar-refractivity contribution >= 4 is 11.8 Å². The molecule has 1 saturated heterocycles. The standard InChI is InChI=1S/C25H24N2O2/c1-17-16-26(24(28)20-6-3-2-4-7-20)14-15-27(17)25(29)22-13-12-19-11-10-18-8-5-9-21(22)23(18)19/h2-10,12-13,17,23H,11,14-16H2,1H3. The monoisotopic (exact) mass is 384 g/mol. The van der Waals surface area contributed by atoms with Crippen LogP contribution in [0.3, 0.4) is 0 Å². The van der Waals surface area contributed by atoms with Crippen LogP contribution in [0.2, 0.25) is 0 Å². The van der Waals surface area contributed by atoms with Gasteiger partial charge in [0.05, 0.1) is 0 Å². The Balaban J connectivity index is 1.33. The van der Waals surface area contributed by atoms with Gasteiger partial charge >= 0.3 is 0 Å². The molecule has 2 unspecified atom stereocenters. The van der Waals surface area contributed by atoms with Crippen LogP contribution in [-0.4, -0.2) is 47.3 Å². The highest BCUT2D eigenvalue weighted by atomic mass is 16.2. The van der Waals surface area contributed by atoms with Gasteiger partial charge in [0, 0.05) is 42.7 Å². The SMILES string of the molecule is CC1CN(C(=O)c2ccccc2)CCN1C(=O)C1=CC=C2CC=C3C=CC=C1C32. The Kier molecular flexibility index (Phi) is 4.35. The van der Waals surface area contributed by atoms with Gasteiger partial charge in [-0.3, -0.25) is 9.59 Å². The summed E-state index contributed by atoms with van der Waals surface area (Å²) in [6.45, 7) is 3.71. The van der Waals surface area contributed by atoms with Gasteiger partial charge in [-0.25, -0.2) is 0 Å². The minimum Gasteiger partial charge on any atom is -0.335 e. The second-order valence-corrected chi connectivity index (χ2v) is 8.11. The van der Waals surface area contributed by atoms with Crippen molar-refractivity contribution in [3.05, 3.63) is 94.6 Å². The summed E-state index contributed by atoms with van der Waals surface area (Å²) < 4.78 is 0. The molecule has 0 N–H and O–H groups in total. The maximum absolute atomic E-state index is 13.4. The molecular formula is C25H24N2O2. The predicted octanol–water partition coefficient (Wildman–Crippen LogP) is 3.67. The van der Waals surface area contributed by atoms with E-state index in [9.17, 15) is 9.59 Å². The number of allylic oxidation sites excluding steroid dienone is 8. The summed E-state index contributed by atoms with van der Waals surface area (Å²) in [6, 6.07) is 9.34. The van der Waals surface area contributed by atoms with E-state index in [4.69, 9.17) is 0 Å². The maximum Gasteiger partial charge on any atom is 0.254 e. The zero-order valence-electron chi connectivity index (χ0n) is 16.5. The zero-order valence-corrected chi connectivity index (χ0v) is 16.5. The molecule has 29 heavy (non-hydrogen) atoms. The van der Waals surface area contributed by atoms with Crippen LogP contribution in [0.15, 0.2) is 89.1 Å². The topological polar surface area (TPSA) is 40.6 Å². The third-order valence-corrected chi connectivity index (χ3v) is 6.35. The molecule has 4 nitrogen and oxygen atoms in total. The first-order valence-electron chi connectivity index (χ1n) is 10.3. The average molecular weight is 384 g/mol. The highest BCUT2D eigenvalue weighted by molar-refractivity contribution is 6.00. The Morgan fingerprint density at radius 1 is 1.00 bits per heavy atom. The van der Waals surface area contributed by atoms with Crippen LogP contribution in [0.5, 0.6) is 0 Å². The number of hydrogen-bond donors (Lipinski definition) is 0. The molecule has 2 atom stereocenters. The van der Waals surface area contributed by atoms with Crippen LogP contribution in [-0.2, 0) is 4.79 Å². The van der Waals surface area contributed by atoms with E-state index in [1.54, 1.807) is 0 Å². The highest BCUT2D eigenvalue weighted by Crippen LogP contribution is 2.45. The fourth-order valence-corrected chi connectivity index (χ4v) is 4.84. The van der Waals surface area contributed by atoms with Gasteiger partial charge in [0.15, 0.2) is 0 Å². The van der Waals surface area contributed by atoms with Crippen molar-refractivity contribution < 1.29 is 9.59 Å². The van der Waals surface area contributed by atoms with Gasteiger partial charge in [-0.05, 0) is 42.7 Å². The van der Waals surface area contributed by atoms with Crippen molar-refractivity contribution in [3.63, 3.8) is 0 Å². The summed E-state index contributed by atoms with van der Waals surface area (Å²) in [5.41, 5.74) is 5.29.